The summed E-state index contributed by atoms with van der Waals surface area (Å²) in [4.78, 5) is 28.1. The number of esters is 1. The van der Waals surface area contributed by atoms with Crippen LogP contribution in [-0.4, -0.2) is 56.6 Å². The molecule has 7 nitrogen and oxygen atoms in total. The molecule has 0 radical (unpaired) electrons. The van der Waals surface area contributed by atoms with Gasteiger partial charge in [-0.25, -0.2) is 4.79 Å². The number of allylic oxidation sites excluding steroid dienone is 2. The van der Waals surface area contributed by atoms with E-state index in [9.17, 15) is 22.8 Å². The number of methoxy groups -OCH3 is 3. The van der Waals surface area contributed by atoms with Crippen LogP contribution in [0.4, 0.5) is 13.2 Å². The van der Waals surface area contributed by atoms with Crippen molar-refractivity contribution in [2.45, 2.75) is 109 Å². The van der Waals surface area contributed by atoms with Gasteiger partial charge in [0.1, 0.15) is 29.0 Å². The van der Waals surface area contributed by atoms with Crippen LogP contribution in [0.25, 0.3) is 0 Å². The van der Waals surface area contributed by atoms with Gasteiger partial charge in [0.2, 0.25) is 0 Å². The lowest BCUT2D eigenvalue weighted by Crippen LogP contribution is -2.75. The van der Waals surface area contributed by atoms with Crippen LogP contribution in [-0.2, 0) is 35.8 Å². The van der Waals surface area contributed by atoms with E-state index in [-0.39, 0.29) is 29.6 Å². The number of fused-ring (bicyclic) bond motifs is 2. The van der Waals surface area contributed by atoms with Crippen LogP contribution in [0.15, 0.2) is 54.1 Å². The van der Waals surface area contributed by atoms with E-state index in [4.69, 9.17) is 23.7 Å². The minimum atomic E-state index is -5.11. The average molecular weight is 687 g/mol. The number of hydrogen-bond acceptors (Lipinski definition) is 7. The van der Waals surface area contributed by atoms with E-state index in [1.807, 2.05) is 32.1 Å². The summed E-state index contributed by atoms with van der Waals surface area (Å²) in [6, 6.07) is 10.6. The van der Waals surface area contributed by atoms with Crippen LogP contribution in [0.2, 0.25) is 0 Å². The normalized spacial score (nSPS) is 30.3. The van der Waals surface area contributed by atoms with Gasteiger partial charge in [-0.2, -0.15) is 13.2 Å². The smallest absolute Gasteiger partial charge is 0.432 e. The van der Waals surface area contributed by atoms with Crippen molar-refractivity contribution in [1.82, 2.24) is 0 Å². The molecule has 1 saturated heterocycles. The van der Waals surface area contributed by atoms with Gasteiger partial charge >= 0.3 is 12.1 Å². The number of rotatable bonds is 11. The lowest BCUT2D eigenvalue weighted by molar-refractivity contribution is -0.305. The molecule has 2 aliphatic carbocycles. The summed E-state index contributed by atoms with van der Waals surface area (Å²) in [5.41, 5.74) is -3.94. The number of ketones is 1. The molecule has 0 bridgehead atoms. The van der Waals surface area contributed by atoms with Crippen molar-refractivity contribution in [3.8, 4) is 11.5 Å². The lowest BCUT2D eigenvalue weighted by atomic mass is 9.36. The molecule has 1 aliphatic heterocycles. The van der Waals surface area contributed by atoms with Gasteiger partial charge in [0, 0.05) is 36.5 Å². The van der Waals surface area contributed by atoms with Gasteiger partial charge in [-0.05, 0) is 70.1 Å². The van der Waals surface area contributed by atoms with Gasteiger partial charge < -0.3 is 23.7 Å². The number of Topliss-reactive ketones (excluding diaryl/α,β-unsaturated/α-hetero) is 1. The Morgan fingerprint density at radius 2 is 1.67 bits per heavy atom. The molecule has 0 aromatic heterocycles. The fourth-order valence-corrected chi connectivity index (χ4v) is 9.40. The fourth-order valence-electron chi connectivity index (χ4n) is 9.40. The minimum absolute atomic E-state index is 0.0120. The highest BCUT2D eigenvalue weighted by Gasteiger charge is 2.82. The van der Waals surface area contributed by atoms with Gasteiger partial charge in [-0.15, -0.1) is 0 Å². The van der Waals surface area contributed by atoms with Gasteiger partial charge in [0.05, 0.1) is 25.7 Å². The third-order valence-corrected chi connectivity index (χ3v) is 12.0. The SMILES string of the molecule is COc1cc(C)c(OC)c(C/C=C(\C)CC(=O)[C@H]2[C@@]3(C[C@H](OC(=O)[C@@](OC)(c4ccccc4)C(F)(F)F)C(C)(C)O3)[C@]3(C)CCC[C@]23C)c1. The van der Waals surface area contributed by atoms with Gasteiger partial charge in [0.25, 0.3) is 5.60 Å². The van der Waals surface area contributed by atoms with Crippen molar-refractivity contribution in [2.24, 2.45) is 16.7 Å². The first-order chi connectivity index (χ1) is 22.9. The van der Waals surface area contributed by atoms with Crippen molar-refractivity contribution < 1.29 is 46.4 Å². The maximum absolute atomic E-state index is 14.7. The van der Waals surface area contributed by atoms with E-state index in [1.54, 1.807) is 34.1 Å². The topological polar surface area (TPSA) is 80.3 Å². The standard InChI is InChI=1S/C39H49F3O7/c1-24(16-17-26-22-28(45-7)21-25(2)31(26)46-8)20-29(43)32-35(5)18-13-19-36(35,6)37(32)23-30(34(3,4)49-37)48-33(44)38(47-9,39(40,41)42)27-14-11-10-12-15-27/h10-12,14-16,21-22,30,32H,13,17-20,23H2,1-9H3/b24-16+/t30-,32+,35+,36+,37-,38-/m0/s1. The molecule has 0 N–H and O–H groups in total. The molecule has 3 aliphatic rings. The van der Waals surface area contributed by atoms with Gasteiger partial charge in [-0.1, -0.05) is 62.2 Å². The zero-order valence-electron chi connectivity index (χ0n) is 30.0. The van der Waals surface area contributed by atoms with Crippen molar-refractivity contribution >= 4 is 11.8 Å². The first kappa shape index (κ1) is 36.9. The van der Waals surface area contributed by atoms with Crippen LogP contribution >= 0.6 is 0 Å². The number of aryl methyl sites for hydroxylation is 1. The molecule has 10 heteroatoms. The maximum Gasteiger partial charge on any atom is 0.432 e. The Morgan fingerprint density at radius 3 is 2.27 bits per heavy atom. The van der Waals surface area contributed by atoms with Gasteiger partial charge in [-0.3, -0.25) is 4.79 Å². The molecule has 5 rings (SSSR count). The maximum atomic E-state index is 14.7. The number of hydrogen-bond donors (Lipinski definition) is 0. The summed E-state index contributed by atoms with van der Waals surface area (Å²) in [5.74, 6) is -0.593. The molecule has 2 aromatic carbocycles. The Bertz CT molecular complexity index is 1620. The number of ether oxygens (including phenoxy) is 5. The second-order valence-electron chi connectivity index (χ2n) is 15.0. The third kappa shape index (κ3) is 5.57. The average Bonchev–Trinajstić information content (AvgIpc) is 3.46. The van der Waals surface area contributed by atoms with E-state index in [2.05, 4.69) is 13.8 Å². The molecule has 1 heterocycles. The monoisotopic (exact) mass is 686 g/mol. The van der Waals surface area contributed by atoms with E-state index in [0.29, 0.717) is 6.42 Å². The minimum Gasteiger partial charge on any atom is -0.497 e. The highest BCUT2D eigenvalue weighted by atomic mass is 19.4. The van der Waals surface area contributed by atoms with Crippen molar-refractivity contribution in [1.29, 1.82) is 0 Å². The highest BCUT2D eigenvalue weighted by Crippen LogP contribution is 2.79. The number of alkyl halides is 3. The first-order valence-electron chi connectivity index (χ1n) is 16.9. The van der Waals surface area contributed by atoms with Crippen LogP contribution in [0.3, 0.4) is 0 Å². The largest absolute Gasteiger partial charge is 0.497 e. The molecule has 1 spiro atoms. The zero-order chi connectivity index (χ0) is 36.2. The lowest BCUT2D eigenvalue weighted by Gasteiger charge is -2.70. The Kier molecular flexibility index (Phi) is 9.60. The molecule has 3 fully saturated rings. The van der Waals surface area contributed by atoms with Crippen molar-refractivity contribution in [3.05, 3.63) is 70.8 Å². The van der Waals surface area contributed by atoms with Crippen molar-refractivity contribution in [3.63, 3.8) is 0 Å². The summed E-state index contributed by atoms with van der Waals surface area (Å²) < 4.78 is 73.0. The van der Waals surface area contributed by atoms with Crippen LogP contribution in [0.5, 0.6) is 11.5 Å². The van der Waals surface area contributed by atoms with Gasteiger partial charge in [0.15, 0.2) is 0 Å². The Morgan fingerprint density at radius 1 is 1.00 bits per heavy atom. The van der Waals surface area contributed by atoms with Crippen molar-refractivity contribution in [2.75, 3.05) is 21.3 Å². The predicted molar refractivity (Wildman–Crippen MR) is 178 cm³/mol. The first-order valence-corrected chi connectivity index (χ1v) is 16.9. The molecule has 2 saturated carbocycles. The molecule has 0 unspecified atom stereocenters. The molecule has 49 heavy (non-hydrogen) atoms. The Labute approximate surface area is 287 Å². The van der Waals surface area contributed by atoms with E-state index in [0.717, 1.165) is 54.6 Å². The van der Waals surface area contributed by atoms with E-state index < -0.39 is 46.4 Å². The Hall–Kier alpha value is -3.37. The number of carbonyl (C=O) groups is 2. The summed E-state index contributed by atoms with van der Waals surface area (Å²) >= 11 is 0. The summed E-state index contributed by atoms with van der Waals surface area (Å²) in [7, 11) is 4.09. The quantitative estimate of drug-likeness (QED) is 0.174. The fraction of sp³-hybridized carbons (Fsp3) is 0.590. The molecule has 6 atom stereocenters. The molecular weight excluding hydrogens is 637 g/mol. The molecule has 268 valence electrons. The second-order valence-corrected chi connectivity index (χ2v) is 15.0. The predicted octanol–water partition coefficient (Wildman–Crippen LogP) is 8.24. The summed E-state index contributed by atoms with van der Waals surface area (Å²) in [6.07, 6.45) is -0.806. The second kappa shape index (κ2) is 12.7. The van der Waals surface area contributed by atoms with Crippen LogP contribution in [0, 0.1) is 23.7 Å². The number of carbonyl (C=O) groups excluding carboxylic acids is 2. The van der Waals surface area contributed by atoms with E-state index >= 15 is 0 Å². The molecular formula is C39H49F3O7. The van der Waals surface area contributed by atoms with Crippen LogP contribution in [0.1, 0.15) is 83.4 Å². The zero-order valence-corrected chi connectivity index (χ0v) is 30.0. The van der Waals surface area contributed by atoms with Crippen LogP contribution < -0.4 is 9.47 Å². The Balaban J connectivity index is 1.43. The number of benzene rings is 2. The molecule has 0 amide bonds. The number of halogens is 3. The van der Waals surface area contributed by atoms with E-state index in [1.165, 1.54) is 24.3 Å². The highest BCUT2D eigenvalue weighted by molar-refractivity contribution is 5.87. The summed E-state index contributed by atoms with van der Waals surface area (Å²) in [6.45, 7) is 11.6. The molecule has 2 aromatic rings. The third-order valence-electron chi connectivity index (χ3n) is 12.0. The summed E-state index contributed by atoms with van der Waals surface area (Å²) in [5, 5.41) is 0.